The van der Waals surface area contributed by atoms with Crippen LogP contribution in [0.1, 0.15) is 31.9 Å². The number of benzene rings is 1. The van der Waals surface area contributed by atoms with Gasteiger partial charge in [0.25, 0.3) is 0 Å². The zero-order chi connectivity index (χ0) is 18.6. The number of ether oxygens (including phenoxy) is 2. The van der Waals surface area contributed by atoms with Gasteiger partial charge in [-0.1, -0.05) is 0 Å². The van der Waals surface area contributed by atoms with Gasteiger partial charge < -0.3 is 19.8 Å². The molecule has 2 aromatic rings. The standard InChI is InChI=1S/C18H21N3O4/c1-18(2,3)25-17(23)21-15(16(22)24-4)8-12-10-20-14-6-5-11(9-19)7-13(12)14/h5-7,10,15,20H,8H2,1-4H3,(H,21,23)/t15-/m0/s1. The number of hydrogen-bond donors (Lipinski definition) is 2. The number of nitrogens with zero attached hydrogens (tertiary/aromatic N) is 1. The number of nitriles is 1. The number of carbonyl (C=O) groups excluding carboxylic acids is 2. The third-order valence-corrected chi connectivity index (χ3v) is 3.50. The van der Waals surface area contributed by atoms with Gasteiger partial charge in [0.05, 0.1) is 18.7 Å². The lowest BCUT2D eigenvalue weighted by atomic mass is 10.0. The SMILES string of the molecule is COC(=O)[C@H](Cc1c[nH]c2ccc(C#N)cc12)NC(=O)OC(C)(C)C. The summed E-state index contributed by atoms with van der Waals surface area (Å²) in [7, 11) is 1.26. The lowest BCUT2D eigenvalue weighted by Crippen LogP contribution is -2.45. The minimum absolute atomic E-state index is 0.209. The van der Waals surface area contributed by atoms with Crippen molar-refractivity contribution in [2.45, 2.75) is 38.8 Å². The van der Waals surface area contributed by atoms with Crippen molar-refractivity contribution in [2.75, 3.05) is 7.11 Å². The largest absolute Gasteiger partial charge is 0.467 e. The quantitative estimate of drug-likeness (QED) is 0.831. The number of carbonyl (C=O) groups is 2. The fourth-order valence-electron chi connectivity index (χ4n) is 2.42. The molecule has 1 aromatic carbocycles. The third kappa shape index (κ3) is 4.73. The zero-order valence-corrected chi connectivity index (χ0v) is 14.7. The lowest BCUT2D eigenvalue weighted by Gasteiger charge is -2.22. The van der Waals surface area contributed by atoms with Crippen LogP contribution in [0.2, 0.25) is 0 Å². The highest BCUT2D eigenvalue weighted by molar-refractivity contribution is 5.87. The average molecular weight is 343 g/mol. The van der Waals surface area contributed by atoms with Crippen molar-refractivity contribution in [3.05, 3.63) is 35.5 Å². The van der Waals surface area contributed by atoms with Gasteiger partial charge >= 0.3 is 12.1 Å². The first kappa shape index (κ1) is 18.3. The molecule has 0 fully saturated rings. The molecule has 2 rings (SSSR count). The van der Waals surface area contributed by atoms with E-state index in [4.69, 9.17) is 14.7 Å². The Balaban J connectivity index is 2.24. The Morgan fingerprint density at radius 1 is 1.36 bits per heavy atom. The molecule has 0 aliphatic heterocycles. The van der Waals surface area contributed by atoms with E-state index in [9.17, 15) is 9.59 Å². The highest BCUT2D eigenvalue weighted by atomic mass is 16.6. The number of hydrogen-bond acceptors (Lipinski definition) is 5. The summed E-state index contributed by atoms with van der Waals surface area (Å²) >= 11 is 0. The molecule has 0 unspecified atom stereocenters. The van der Waals surface area contributed by atoms with Crippen LogP contribution < -0.4 is 5.32 Å². The van der Waals surface area contributed by atoms with Gasteiger partial charge in [0, 0.05) is 23.5 Å². The molecule has 2 N–H and O–H groups in total. The van der Waals surface area contributed by atoms with Crippen LogP contribution in [0.25, 0.3) is 10.9 Å². The molecular weight excluding hydrogens is 322 g/mol. The molecule has 0 aliphatic carbocycles. The Morgan fingerprint density at radius 3 is 2.68 bits per heavy atom. The molecular formula is C18H21N3O4. The Labute approximate surface area is 145 Å². The second-order valence-corrected chi connectivity index (χ2v) is 6.61. The zero-order valence-electron chi connectivity index (χ0n) is 14.7. The number of H-pyrrole nitrogens is 1. The van der Waals surface area contributed by atoms with Gasteiger partial charge in [0.2, 0.25) is 0 Å². The minimum Gasteiger partial charge on any atom is -0.467 e. The molecule has 7 nitrogen and oxygen atoms in total. The summed E-state index contributed by atoms with van der Waals surface area (Å²) in [5, 5.41) is 12.4. The summed E-state index contributed by atoms with van der Waals surface area (Å²) in [6, 6.07) is 6.43. The van der Waals surface area contributed by atoms with E-state index >= 15 is 0 Å². The summed E-state index contributed by atoms with van der Waals surface area (Å²) in [5.74, 6) is -0.573. The molecule has 0 spiro atoms. The van der Waals surface area contributed by atoms with E-state index in [-0.39, 0.29) is 6.42 Å². The maximum atomic E-state index is 12.0. The normalized spacial score (nSPS) is 12.3. The molecule has 1 aromatic heterocycles. The number of aromatic nitrogens is 1. The molecule has 1 amide bonds. The van der Waals surface area contributed by atoms with Crippen molar-refractivity contribution in [1.29, 1.82) is 5.26 Å². The van der Waals surface area contributed by atoms with Gasteiger partial charge in [0.1, 0.15) is 11.6 Å². The number of alkyl carbamates (subject to hydrolysis) is 1. The highest BCUT2D eigenvalue weighted by Gasteiger charge is 2.26. The Morgan fingerprint density at radius 2 is 2.08 bits per heavy atom. The molecule has 0 aliphatic rings. The number of fused-ring (bicyclic) bond motifs is 1. The van der Waals surface area contributed by atoms with E-state index in [1.54, 1.807) is 45.2 Å². The molecule has 0 radical (unpaired) electrons. The number of aromatic amines is 1. The molecule has 0 saturated heterocycles. The first-order chi connectivity index (χ1) is 11.7. The van der Waals surface area contributed by atoms with Crippen LogP contribution in [0.3, 0.4) is 0 Å². The summed E-state index contributed by atoms with van der Waals surface area (Å²) < 4.78 is 9.97. The van der Waals surface area contributed by atoms with Gasteiger partial charge in [-0.25, -0.2) is 9.59 Å². The Bertz CT molecular complexity index is 827. The molecule has 0 bridgehead atoms. The third-order valence-electron chi connectivity index (χ3n) is 3.50. The highest BCUT2D eigenvalue weighted by Crippen LogP contribution is 2.21. The second kappa shape index (κ2) is 7.26. The van der Waals surface area contributed by atoms with Crippen LogP contribution in [-0.4, -0.2) is 35.8 Å². The summed E-state index contributed by atoms with van der Waals surface area (Å²) in [5.41, 5.74) is 1.48. The van der Waals surface area contributed by atoms with Crippen LogP contribution in [0.15, 0.2) is 24.4 Å². The van der Waals surface area contributed by atoms with Crippen LogP contribution in [0.4, 0.5) is 4.79 Å². The van der Waals surface area contributed by atoms with E-state index in [0.717, 1.165) is 16.5 Å². The number of rotatable bonds is 4. The predicted octanol–water partition coefficient (Wildman–Crippen LogP) is 2.65. The molecule has 1 heterocycles. The van der Waals surface area contributed by atoms with Crippen molar-refractivity contribution >= 4 is 23.0 Å². The maximum absolute atomic E-state index is 12.0. The van der Waals surface area contributed by atoms with Gasteiger partial charge in [-0.2, -0.15) is 5.26 Å². The fraction of sp³-hybridized carbons (Fsp3) is 0.389. The van der Waals surface area contributed by atoms with Crippen molar-refractivity contribution in [3.63, 3.8) is 0 Å². The number of nitrogens with one attached hydrogen (secondary N) is 2. The topological polar surface area (TPSA) is 104 Å². The van der Waals surface area contributed by atoms with Crippen LogP contribution >= 0.6 is 0 Å². The van der Waals surface area contributed by atoms with Crippen molar-refractivity contribution < 1.29 is 19.1 Å². The van der Waals surface area contributed by atoms with Gasteiger partial charge in [-0.05, 0) is 44.5 Å². The Kier molecular flexibility index (Phi) is 5.32. The number of methoxy groups -OCH3 is 1. The van der Waals surface area contributed by atoms with E-state index in [0.29, 0.717) is 5.56 Å². The summed E-state index contributed by atoms with van der Waals surface area (Å²) in [6.45, 7) is 5.22. The number of amides is 1. The smallest absolute Gasteiger partial charge is 0.408 e. The van der Waals surface area contributed by atoms with Crippen molar-refractivity contribution in [2.24, 2.45) is 0 Å². The molecule has 1 atom stereocenters. The summed E-state index contributed by atoms with van der Waals surface area (Å²) in [6.07, 6.45) is 1.26. The molecule has 7 heteroatoms. The number of esters is 1. The van der Waals surface area contributed by atoms with Gasteiger partial charge in [-0.3, -0.25) is 0 Å². The van der Waals surface area contributed by atoms with Crippen molar-refractivity contribution in [3.8, 4) is 6.07 Å². The lowest BCUT2D eigenvalue weighted by molar-refractivity contribution is -0.143. The first-order valence-corrected chi connectivity index (χ1v) is 7.81. The molecule has 0 saturated carbocycles. The monoisotopic (exact) mass is 343 g/mol. The van der Waals surface area contributed by atoms with Crippen LogP contribution in [0.5, 0.6) is 0 Å². The van der Waals surface area contributed by atoms with Gasteiger partial charge in [0.15, 0.2) is 0 Å². The molecule has 25 heavy (non-hydrogen) atoms. The fourth-order valence-corrected chi connectivity index (χ4v) is 2.42. The van der Waals surface area contributed by atoms with E-state index in [2.05, 4.69) is 16.4 Å². The molecule has 132 valence electrons. The summed E-state index contributed by atoms with van der Waals surface area (Å²) in [4.78, 5) is 27.1. The average Bonchev–Trinajstić information content (AvgIpc) is 2.93. The van der Waals surface area contributed by atoms with Crippen LogP contribution in [-0.2, 0) is 20.7 Å². The maximum Gasteiger partial charge on any atom is 0.408 e. The van der Waals surface area contributed by atoms with Crippen LogP contribution in [0, 0.1) is 11.3 Å². The Hall–Kier alpha value is -3.01. The second-order valence-electron chi connectivity index (χ2n) is 6.61. The van der Waals surface area contributed by atoms with E-state index in [1.807, 2.05) is 0 Å². The first-order valence-electron chi connectivity index (χ1n) is 7.81. The predicted molar refractivity (Wildman–Crippen MR) is 91.9 cm³/mol. The van der Waals surface area contributed by atoms with E-state index < -0.39 is 23.7 Å². The van der Waals surface area contributed by atoms with E-state index in [1.165, 1.54) is 7.11 Å². The van der Waals surface area contributed by atoms with Crippen molar-refractivity contribution in [1.82, 2.24) is 10.3 Å². The minimum atomic E-state index is -0.899. The van der Waals surface area contributed by atoms with Gasteiger partial charge in [-0.15, -0.1) is 0 Å².